The van der Waals surface area contributed by atoms with E-state index in [-0.39, 0.29) is 10.8 Å². The molecule has 1 amide bonds. The lowest BCUT2D eigenvalue weighted by Crippen LogP contribution is -2.33. The molecular formula is C20H26N2O3S2. The third-order valence-corrected chi connectivity index (χ3v) is 7.21. The topological polar surface area (TPSA) is 66.5 Å². The molecule has 5 nitrogen and oxygen atoms in total. The Labute approximate surface area is 165 Å². The van der Waals surface area contributed by atoms with E-state index in [1.54, 1.807) is 23.5 Å². The van der Waals surface area contributed by atoms with Gasteiger partial charge in [-0.1, -0.05) is 25.3 Å². The lowest BCUT2D eigenvalue weighted by atomic mass is 10.1. The first-order chi connectivity index (χ1) is 13.1. The van der Waals surface area contributed by atoms with Crippen LogP contribution < -0.4 is 4.72 Å². The first-order valence-electron chi connectivity index (χ1n) is 9.48. The van der Waals surface area contributed by atoms with Crippen LogP contribution in [0.5, 0.6) is 0 Å². The van der Waals surface area contributed by atoms with E-state index in [2.05, 4.69) is 4.72 Å². The number of nitrogens with one attached hydrogen (secondary N) is 1. The number of benzene rings is 1. The molecule has 1 aliphatic rings. The number of hydrogen-bond donors (Lipinski definition) is 1. The third-order valence-electron chi connectivity index (χ3n) is 4.80. The predicted octanol–water partition coefficient (Wildman–Crippen LogP) is 3.68. The third kappa shape index (κ3) is 5.64. The molecule has 1 fully saturated rings. The van der Waals surface area contributed by atoms with Crippen LogP contribution in [0.15, 0.2) is 46.7 Å². The lowest BCUT2D eigenvalue weighted by molar-refractivity contribution is 0.0742. The predicted molar refractivity (Wildman–Crippen MR) is 109 cm³/mol. The van der Waals surface area contributed by atoms with Gasteiger partial charge in [0.1, 0.15) is 0 Å². The minimum atomic E-state index is -3.56. The van der Waals surface area contributed by atoms with Gasteiger partial charge in [-0.2, -0.15) is 0 Å². The molecule has 0 unspecified atom stereocenters. The van der Waals surface area contributed by atoms with Crippen LogP contribution in [0.3, 0.4) is 0 Å². The zero-order valence-electron chi connectivity index (χ0n) is 15.4. The maximum Gasteiger partial charge on any atom is 0.253 e. The molecule has 2 heterocycles. The van der Waals surface area contributed by atoms with Crippen LogP contribution in [0.2, 0.25) is 0 Å². The first-order valence-corrected chi connectivity index (χ1v) is 11.8. The minimum absolute atomic E-state index is 0.00787. The number of carbonyl (C=O) groups is 1. The van der Waals surface area contributed by atoms with E-state index in [0.717, 1.165) is 43.6 Å². The number of sulfonamides is 1. The number of thiophene rings is 1. The van der Waals surface area contributed by atoms with Crippen molar-refractivity contribution in [2.24, 2.45) is 0 Å². The summed E-state index contributed by atoms with van der Waals surface area (Å²) in [4.78, 5) is 15.9. The number of rotatable bonds is 6. The highest BCUT2D eigenvalue weighted by atomic mass is 32.2. The molecular weight excluding hydrogens is 380 g/mol. The average Bonchev–Trinajstić information content (AvgIpc) is 3.14. The van der Waals surface area contributed by atoms with Gasteiger partial charge in [-0.25, -0.2) is 13.1 Å². The second-order valence-corrected chi connectivity index (χ2v) is 9.61. The highest BCUT2D eigenvalue weighted by molar-refractivity contribution is 7.89. The molecule has 1 N–H and O–H groups in total. The molecule has 0 saturated carbocycles. The Morgan fingerprint density at radius 1 is 1.00 bits per heavy atom. The first kappa shape index (κ1) is 20.0. The van der Waals surface area contributed by atoms with E-state index in [9.17, 15) is 13.2 Å². The van der Waals surface area contributed by atoms with Crippen molar-refractivity contribution in [1.82, 2.24) is 9.62 Å². The summed E-state index contributed by atoms with van der Waals surface area (Å²) in [5, 5.41) is 1.98. The summed E-state index contributed by atoms with van der Waals surface area (Å²) in [6.07, 6.45) is 6.31. The highest BCUT2D eigenvalue weighted by Crippen LogP contribution is 2.16. The molecule has 3 rings (SSSR count). The van der Waals surface area contributed by atoms with Crippen LogP contribution >= 0.6 is 11.3 Å². The van der Waals surface area contributed by atoms with E-state index >= 15 is 0 Å². The fourth-order valence-corrected chi connectivity index (χ4v) is 5.00. The molecule has 2 aromatic rings. The molecule has 146 valence electrons. The number of likely N-dealkylation sites (tertiary alicyclic amines) is 1. The number of carbonyl (C=O) groups excluding carboxylic acids is 1. The van der Waals surface area contributed by atoms with Crippen LogP contribution in [0.25, 0.3) is 0 Å². The standard InChI is InChI=1S/C20H26N2O3S2/c23-20(22-14-4-2-1-3-5-15-22)17-8-10-19(11-9-17)27(24,25)21-13-12-18-7-6-16-26-18/h6-11,16,21H,1-5,12-15H2. The second kappa shape index (κ2) is 9.48. The molecule has 27 heavy (non-hydrogen) atoms. The van der Waals surface area contributed by atoms with E-state index in [0.29, 0.717) is 18.5 Å². The van der Waals surface area contributed by atoms with Gasteiger partial charge in [-0.3, -0.25) is 4.79 Å². The molecule has 0 radical (unpaired) electrons. The smallest absolute Gasteiger partial charge is 0.253 e. The van der Waals surface area contributed by atoms with Gasteiger partial charge in [-0.05, 0) is 55.0 Å². The van der Waals surface area contributed by atoms with E-state index in [1.165, 1.54) is 18.6 Å². The fraction of sp³-hybridized carbons (Fsp3) is 0.450. The van der Waals surface area contributed by atoms with Gasteiger partial charge >= 0.3 is 0 Å². The molecule has 7 heteroatoms. The zero-order chi connectivity index (χ0) is 19.1. The Kier molecular flexibility index (Phi) is 7.04. The van der Waals surface area contributed by atoms with Crippen LogP contribution in [-0.2, 0) is 16.4 Å². The summed E-state index contributed by atoms with van der Waals surface area (Å²) in [6, 6.07) is 10.2. The van der Waals surface area contributed by atoms with Crippen molar-refractivity contribution in [1.29, 1.82) is 0 Å². The number of nitrogens with zero attached hydrogens (tertiary/aromatic N) is 1. The Bertz CT molecular complexity index is 823. The van der Waals surface area contributed by atoms with E-state index in [1.807, 2.05) is 22.4 Å². The molecule has 0 bridgehead atoms. The summed E-state index contributed by atoms with van der Waals surface area (Å²) in [7, 11) is -3.56. The van der Waals surface area contributed by atoms with Gasteiger partial charge in [-0.15, -0.1) is 11.3 Å². The summed E-state index contributed by atoms with van der Waals surface area (Å²) < 4.78 is 27.5. The van der Waals surface area contributed by atoms with Crippen molar-refractivity contribution in [3.05, 3.63) is 52.2 Å². The Balaban J connectivity index is 1.60. The molecule has 1 aliphatic heterocycles. The van der Waals surface area contributed by atoms with Gasteiger partial charge in [0.05, 0.1) is 4.90 Å². The second-order valence-electron chi connectivity index (χ2n) is 6.81. The quantitative estimate of drug-likeness (QED) is 0.796. The van der Waals surface area contributed by atoms with Crippen LogP contribution in [0.1, 0.15) is 47.3 Å². The van der Waals surface area contributed by atoms with Gasteiger partial charge in [0.25, 0.3) is 5.91 Å². The lowest BCUT2D eigenvalue weighted by Gasteiger charge is -2.25. The molecule has 1 saturated heterocycles. The van der Waals surface area contributed by atoms with Crippen LogP contribution in [0, 0.1) is 0 Å². The Morgan fingerprint density at radius 2 is 1.67 bits per heavy atom. The maximum absolute atomic E-state index is 12.7. The SMILES string of the molecule is O=C(c1ccc(S(=O)(=O)NCCc2cccs2)cc1)N1CCCCCCC1. The molecule has 1 aromatic heterocycles. The summed E-state index contributed by atoms with van der Waals surface area (Å²) >= 11 is 1.61. The normalized spacial score (nSPS) is 15.9. The molecule has 0 aliphatic carbocycles. The molecule has 1 aromatic carbocycles. The van der Waals surface area contributed by atoms with Gasteiger partial charge in [0, 0.05) is 30.1 Å². The Hall–Kier alpha value is -1.70. The van der Waals surface area contributed by atoms with Gasteiger partial charge < -0.3 is 4.90 Å². The summed E-state index contributed by atoms with van der Waals surface area (Å²) in [6.45, 7) is 1.92. The summed E-state index contributed by atoms with van der Waals surface area (Å²) in [5.41, 5.74) is 0.549. The van der Waals surface area contributed by atoms with Crippen molar-refractivity contribution in [3.8, 4) is 0 Å². The van der Waals surface area contributed by atoms with E-state index < -0.39 is 10.0 Å². The van der Waals surface area contributed by atoms with Crippen molar-refractivity contribution in [3.63, 3.8) is 0 Å². The van der Waals surface area contributed by atoms with Crippen molar-refractivity contribution in [2.45, 2.75) is 43.4 Å². The largest absolute Gasteiger partial charge is 0.339 e. The zero-order valence-corrected chi connectivity index (χ0v) is 17.0. The Morgan fingerprint density at radius 3 is 2.30 bits per heavy atom. The van der Waals surface area contributed by atoms with Crippen molar-refractivity contribution in [2.75, 3.05) is 19.6 Å². The number of hydrogen-bond acceptors (Lipinski definition) is 4. The highest BCUT2D eigenvalue weighted by Gasteiger charge is 2.18. The summed E-state index contributed by atoms with van der Waals surface area (Å²) in [5.74, 6) is -0.00787. The monoisotopic (exact) mass is 406 g/mol. The molecule has 0 spiro atoms. The van der Waals surface area contributed by atoms with Gasteiger partial charge in [0.15, 0.2) is 0 Å². The van der Waals surface area contributed by atoms with Crippen LogP contribution in [0.4, 0.5) is 0 Å². The van der Waals surface area contributed by atoms with Gasteiger partial charge in [0.2, 0.25) is 10.0 Å². The van der Waals surface area contributed by atoms with Crippen LogP contribution in [-0.4, -0.2) is 38.9 Å². The van der Waals surface area contributed by atoms with Crippen molar-refractivity contribution < 1.29 is 13.2 Å². The number of amides is 1. The molecule has 0 atom stereocenters. The maximum atomic E-state index is 12.7. The van der Waals surface area contributed by atoms with Crippen molar-refractivity contribution >= 4 is 27.3 Å². The average molecular weight is 407 g/mol. The minimum Gasteiger partial charge on any atom is -0.339 e. The fourth-order valence-electron chi connectivity index (χ4n) is 3.26. The van der Waals surface area contributed by atoms with E-state index in [4.69, 9.17) is 0 Å².